The number of aromatic amines is 1. The molecule has 0 radical (unpaired) electrons. The fraction of sp³-hybridized carbons (Fsp3) is 0.667. The number of methoxy groups -OCH3 is 1. The smallest absolute Gasteiger partial charge is 0.354 e. The van der Waals surface area contributed by atoms with E-state index >= 15 is 0 Å². The third-order valence-electron chi connectivity index (χ3n) is 4.56. The zero-order chi connectivity index (χ0) is 14.6. The maximum absolute atomic E-state index is 11.4. The van der Waals surface area contributed by atoms with Crippen LogP contribution >= 0.6 is 0 Å². The first-order valence-electron chi connectivity index (χ1n) is 7.21. The minimum atomic E-state index is -0.333. The Hall–Kier alpha value is -1.33. The molecular formula is C15H24N2O3. The van der Waals surface area contributed by atoms with Gasteiger partial charge < -0.3 is 14.8 Å². The predicted octanol–water partition coefficient (Wildman–Crippen LogP) is 1.79. The van der Waals surface area contributed by atoms with Crippen LogP contribution in [0, 0.1) is 5.41 Å². The SMILES string of the molecule is CCC1(CO)CCN(Cc2c[nH]c(C(=O)OC)c2)CC1. The Morgan fingerprint density at radius 1 is 1.50 bits per heavy atom. The minimum Gasteiger partial charge on any atom is -0.464 e. The Kier molecular flexibility index (Phi) is 4.83. The van der Waals surface area contributed by atoms with E-state index < -0.39 is 0 Å². The summed E-state index contributed by atoms with van der Waals surface area (Å²) in [4.78, 5) is 16.7. The summed E-state index contributed by atoms with van der Waals surface area (Å²) in [6.45, 7) is 5.26. The van der Waals surface area contributed by atoms with Crippen LogP contribution in [0.4, 0.5) is 0 Å². The van der Waals surface area contributed by atoms with E-state index in [0.29, 0.717) is 5.69 Å². The molecule has 0 bridgehead atoms. The summed E-state index contributed by atoms with van der Waals surface area (Å²) in [5.41, 5.74) is 1.71. The molecule has 2 heterocycles. The Morgan fingerprint density at radius 3 is 2.75 bits per heavy atom. The first-order valence-corrected chi connectivity index (χ1v) is 7.21. The highest BCUT2D eigenvalue weighted by molar-refractivity contribution is 5.87. The number of likely N-dealkylation sites (tertiary alicyclic amines) is 1. The molecule has 5 heteroatoms. The number of nitrogens with zero attached hydrogens (tertiary/aromatic N) is 1. The molecule has 0 aromatic carbocycles. The molecule has 1 saturated heterocycles. The molecule has 2 rings (SSSR count). The predicted molar refractivity (Wildman–Crippen MR) is 76.5 cm³/mol. The highest BCUT2D eigenvalue weighted by Gasteiger charge is 2.32. The van der Waals surface area contributed by atoms with Crippen LogP contribution in [0.1, 0.15) is 42.2 Å². The van der Waals surface area contributed by atoms with Crippen molar-refractivity contribution < 1.29 is 14.6 Å². The van der Waals surface area contributed by atoms with Crippen molar-refractivity contribution in [3.63, 3.8) is 0 Å². The number of aliphatic hydroxyl groups is 1. The monoisotopic (exact) mass is 280 g/mol. The van der Waals surface area contributed by atoms with Crippen LogP contribution < -0.4 is 0 Å². The summed E-state index contributed by atoms with van der Waals surface area (Å²) in [6.07, 6.45) is 4.97. The van der Waals surface area contributed by atoms with Gasteiger partial charge in [-0.15, -0.1) is 0 Å². The average molecular weight is 280 g/mol. The number of esters is 1. The molecule has 0 unspecified atom stereocenters. The number of piperidine rings is 1. The van der Waals surface area contributed by atoms with E-state index in [-0.39, 0.29) is 18.0 Å². The molecule has 0 atom stereocenters. The highest BCUT2D eigenvalue weighted by Crippen LogP contribution is 2.34. The van der Waals surface area contributed by atoms with Gasteiger partial charge in [0.05, 0.1) is 7.11 Å². The van der Waals surface area contributed by atoms with Crippen LogP contribution in [-0.4, -0.2) is 47.8 Å². The van der Waals surface area contributed by atoms with Crippen molar-refractivity contribution in [3.8, 4) is 0 Å². The van der Waals surface area contributed by atoms with E-state index in [4.69, 9.17) is 0 Å². The third-order valence-corrected chi connectivity index (χ3v) is 4.56. The first kappa shape index (κ1) is 15.1. The summed E-state index contributed by atoms with van der Waals surface area (Å²) >= 11 is 0. The number of ether oxygens (including phenoxy) is 1. The van der Waals surface area contributed by atoms with Crippen LogP contribution in [0.2, 0.25) is 0 Å². The van der Waals surface area contributed by atoms with Crippen LogP contribution in [0.3, 0.4) is 0 Å². The molecule has 2 N–H and O–H groups in total. The molecule has 0 aliphatic carbocycles. The van der Waals surface area contributed by atoms with Gasteiger partial charge in [0, 0.05) is 19.3 Å². The number of H-pyrrole nitrogens is 1. The van der Waals surface area contributed by atoms with Crippen molar-refractivity contribution in [2.45, 2.75) is 32.7 Å². The van der Waals surface area contributed by atoms with Gasteiger partial charge in [0.1, 0.15) is 5.69 Å². The van der Waals surface area contributed by atoms with E-state index in [0.717, 1.165) is 44.5 Å². The summed E-state index contributed by atoms with van der Waals surface area (Å²) in [7, 11) is 1.38. The molecule has 5 nitrogen and oxygen atoms in total. The van der Waals surface area contributed by atoms with Crippen molar-refractivity contribution in [3.05, 3.63) is 23.5 Å². The van der Waals surface area contributed by atoms with E-state index in [1.807, 2.05) is 12.3 Å². The van der Waals surface area contributed by atoms with Gasteiger partial charge in [-0.3, -0.25) is 4.90 Å². The quantitative estimate of drug-likeness (QED) is 0.807. The van der Waals surface area contributed by atoms with E-state index in [1.165, 1.54) is 7.11 Å². The summed E-state index contributed by atoms with van der Waals surface area (Å²) in [5, 5.41) is 9.53. The van der Waals surface area contributed by atoms with Gasteiger partial charge in [0.15, 0.2) is 0 Å². The van der Waals surface area contributed by atoms with E-state index in [2.05, 4.69) is 21.5 Å². The van der Waals surface area contributed by atoms with Gasteiger partial charge in [0.2, 0.25) is 0 Å². The van der Waals surface area contributed by atoms with Gasteiger partial charge in [-0.2, -0.15) is 0 Å². The van der Waals surface area contributed by atoms with Crippen LogP contribution in [0.5, 0.6) is 0 Å². The lowest BCUT2D eigenvalue weighted by molar-refractivity contribution is 0.0382. The molecule has 112 valence electrons. The first-order chi connectivity index (χ1) is 9.62. The lowest BCUT2D eigenvalue weighted by Gasteiger charge is -2.40. The Morgan fingerprint density at radius 2 is 2.20 bits per heavy atom. The molecule has 0 amide bonds. The van der Waals surface area contributed by atoms with Gasteiger partial charge in [-0.25, -0.2) is 4.79 Å². The highest BCUT2D eigenvalue weighted by atomic mass is 16.5. The largest absolute Gasteiger partial charge is 0.464 e. The van der Waals surface area contributed by atoms with Crippen molar-refractivity contribution >= 4 is 5.97 Å². The molecule has 1 aromatic heterocycles. The number of aliphatic hydroxyl groups excluding tert-OH is 1. The molecular weight excluding hydrogens is 256 g/mol. The topological polar surface area (TPSA) is 65.6 Å². The molecule has 0 saturated carbocycles. The number of nitrogens with one attached hydrogen (secondary N) is 1. The lowest BCUT2D eigenvalue weighted by Crippen LogP contribution is -2.41. The fourth-order valence-corrected chi connectivity index (χ4v) is 2.83. The lowest BCUT2D eigenvalue weighted by atomic mass is 9.77. The Balaban J connectivity index is 1.89. The maximum Gasteiger partial charge on any atom is 0.354 e. The van der Waals surface area contributed by atoms with Gasteiger partial charge >= 0.3 is 5.97 Å². The normalized spacial score (nSPS) is 18.9. The van der Waals surface area contributed by atoms with E-state index in [1.54, 1.807) is 0 Å². The number of hydrogen-bond donors (Lipinski definition) is 2. The van der Waals surface area contributed by atoms with Crippen LogP contribution in [-0.2, 0) is 11.3 Å². The van der Waals surface area contributed by atoms with Crippen molar-refractivity contribution in [1.82, 2.24) is 9.88 Å². The summed E-state index contributed by atoms with van der Waals surface area (Å²) in [5.74, 6) is -0.333. The van der Waals surface area contributed by atoms with Gasteiger partial charge in [0.25, 0.3) is 0 Å². The molecule has 1 aliphatic rings. The van der Waals surface area contributed by atoms with Crippen molar-refractivity contribution in [2.24, 2.45) is 5.41 Å². The van der Waals surface area contributed by atoms with Crippen molar-refractivity contribution in [1.29, 1.82) is 0 Å². The summed E-state index contributed by atoms with van der Waals surface area (Å²) < 4.78 is 4.68. The second-order valence-electron chi connectivity index (χ2n) is 5.70. The number of hydrogen-bond acceptors (Lipinski definition) is 4. The summed E-state index contributed by atoms with van der Waals surface area (Å²) in [6, 6.07) is 1.85. The standard InChI is InChI=1S/C15H24N2O3/c1-3-15(11-18)4-6-17(7-5-15)10-12-8-13(16-9-12)14(19)20-2/h8-9,16,18H,3-7,10-11H2,1-2H3. The molecule has 0 spiro atoms. The van der Waals surface area contributed by atoms with E-state index in [9.17, 15) is 9.90 Å². The average Bonchev–Trinajstić information content (AvgIpc) is 2.96. The molecule has 20 heavy (non-hydrogen) atoms. The Labute approximate surface area is 119 Å². The van der Waals surface area contributed by atoms with Crippen LogP contribution in [0.25, 0.3) is 0 Å². The second kappa shape index (κ2) is 6.41. The zero-order valence-electron chi connectivity index (χ0n) is 12.3. The Bertz CT molecular complexity index is 442. The molecule has 1 aliphatic heterocycles. The minimum absolute atomic E-state index is 0.117. The second-order valence-corrected chi connectivity index (χ2v) is 5.70. The zero-order valence-corrected chi connectivity index (χ0v) is 12.3. The third kappa shape index (κ3) is 3.22. The maximum atomic E-state index is 11.4. The number of carbonyl (C=O) groups excluding carboxylic acids is 1. The van der Waals surface area contributed by atoms with Gasteiger partial charge in [-0.1, -0.05) is 6.92 Å². The fourth-order valence-electron chi connectivity index (χ4n) is 2.83. The van der Waals surface area contributed by atoms with Crippen molar-refractivity contribution in [2.75, 3.05) is 26.8 Å². The molecule has 1 fully saturated rings. The van der Waals surface area contributed by atoms with Gasteiger partial charge in [-0.05, 0) is 49.4 Å². The number of carbonyl (C=O) groups is 1. The molecule has 1 aromatic rings. The number of rotatable bonds is 5. The van der Waals surface area contributed by atoms with Crippen LogP contribution in [0.15, 0.2) is 12.3 Å². The number of aromatic nitrogens is 1.